The molecule has 0 radical (unpaired) electrons. The van der Waals surface area contributed by atoms with Crippen LogP contribution >= 0.6 is 27.7 Å². The Morgan fingerprint density at radius 2 is 2.35 bits per heavy atom. The van der Waals surface area contributed by atoms with Crippen molar-refractivity contribution in [3.63, 3.8) is 0 Å². The molecule has 0 aromatic carbocycles. The average Bonchev–Trinajstić information content (AvgIpc) is 2.74. The van der Waals surface area contributed by atoms with Crippen LogP contribution in [0, 0.1) is 0 Å². The van der Waals surface area contributed by atoms with Crippen LogP contribution < -0.4 is 0 Å². The van der Waals surface area contributed by atoms with Gasteiger partial charge in [-0.25, -0.2) is 4.79 Å². The SMILES string of the molecule is O=C(O)C1CSCCN1C(=O)c1ccoc1Br. The van der Waals surface area contributed by atoms with E-state index in [0.717, 1.165) is 5.75 Å². The first-order chi connectivity index (χ1) is 8.11. The number of furan rings is 1. The van der Waals surface area contributed by atoms with Crippen molar-refractivity contribution >= 4 is 39.6 Å². The third-order valence-electron chi connectivity index (χ3n) is 2.52. The fraction of sp³-hybridized carbons (Fsp3) is 0.400. The van der Waals surface area contributed by atoms with Crippen molar-refractivity contribution in [3.05, 3.63) is 22.6 Å². The van der Waals surface area contributed by atoms with Gasteiger partial charge in [-0.3, -0.25) is 4.79 Å². The molecule has 0 bridgehead atoms. The molecule has 2 heterocycles. The number of amides is 1. The van der Waals surface area contributed by atoms with Gasteiger partial charge in [-0.2, -0.15) is 11.8 Å². The molecule has 1 aliphatic rings. The maximum absolute atomic E-state index is 12.2. The molecule has 1 aliphatic heterocycles. The van der Waals surface area contributed by atoms with Crippen LogP contribution in [0.25, 0.3) is 0 Å². The first kappa shape index (κ1) is 12.5. The van der Waals surface area contributed by atoms with Crippen LogP contribution in [0.2, 0.25) is 0 Å². The summed E-state index contributed by atoms with van der Waals surface area (Å²) >= 11 is 4.67. The van der Waals surface area contributed by atoms with Crippen molar-refractivity contribution in [2.45, 2.75) is 6.04 Å². The Labute approximate surface area is 110 Å². The van der Waals surface area contributed by atoms with E-state index in [1.165, 1.54) is 17.2 Å². The summed E-state index contributed by atoms with van der Waals surface area (Å²) in [4.78, 5) is 24.6. The number of halogens is 1. The lowest BCUT2D eigenvalue weighted by molar-refractivity contribution is -0.141. The molecule has 92 valence electrons. The van der Waals surface area contributed by atoms with E-state index in [2.05, 4.69) is 15.9 Å². The highest BCUT2D eigenvalue weighted by atomic mass is 79.9. The lowest BCUT2D eigenvalue weighted by Gasteiger charge is -2.32. The number of carbonyl (C=O) groups is 2. The highest BCUT2D eigenvalue weighted by Crippen LogP contribution is 2.24. The second-order valence-corrected chi connectivity index (χ2v) is 5.41. The van der Waals surface area contributed by atoms with Crippen LogP contribution in [-0.2, 0) is 4.79 Å². The molecule has 0 spiro atoms. The number of carbonyl (C=O) groups excluding carboxylic acids is 1. The van der Waals surface area contributed by atoms with Gasteiger partial charge in [-0.05, 0) is 22.0 Å². The van der Waals surface area contributed by atoms with Crippen molar-refractivity contribution in [2.75, 3.05) is 18.1 Å². The second-order valence-electron chi connectivity index (χ2n) is 3.54. The molecule has 1 aromatic rings. The minimum absolute atomic E-state index is 0.307. The van der Waals surface area contributed by atoms with Crippen molar-refractivity contribution < 1.29 is 19.1 Å². The van der Waals surface area contributed by atoms with E-state index in [-0.39, 0.29) is 5.91 Å². The molecule has 0 aliphatic carbocycles. The highest BCUT2D eigenvalue weighted by Gasteiger charge is 2.34. The minimum Gasteiger partial charge on any atom is -0.480 e. The first-order valence-corrected chi connectivity index (χ1v) is 6.90. The zero-order valence-electron chi connectivity index (χ0n) is 8.76. The summed E-state index contributed by atoms with van der Waals surface area (Å²) in [6.07, 6.45) is 1.39. The smallest absolute Gasteiger partial charge is 0.327 e. The topological polar surface area (TPSA) is 70.8 Å². The molecule has 1 N–H and O–H groups in total. The summed E-state index contributed by atoms with van der Waals surface area (Å²) in [5.41, 5.74) is 0.364. The second kappa shape index (κ2) is 5.14. The fourth-order valence-electron chi connectivity index (χ4n) is 1.65. The number of rotatable bonds is 2. The third kappa shape index (κ3) is 2.50. The average molecular weight is 320 g/mol. The van der Waals surface area contributed by atoms with Gasteiger partial charge in [0.2, 0.25) is 0 Å². The molecule has 1 unspecified atom stereocenters. The van der Waals surface area contributed by atoms with Crippen LogP contribution in [0.3, 0.4) is 0 Å². The van der Waals surface area contributed by atoms with Gasteiger partial charge in [-0.1, -0.05) is 0 Å². The van der Waals surface area contributed by atoms with Crippen LogP contribution in [0.4, 0.5) is 0 Å². The molecule has 1 saturated heterocycles. The van der Waals surface area contributed by atoms with Crippen molar-refractivity contribution in [1.29, 1.82) is 0 Å². The summed E-state index contributed by atoms with van der Waals surface area (Å²) in [5.74, 6) is -0.0925. The van der Waals surface area contributed by atoms with E-state index >= 15 is 0 Å². The van der Waals surface area contributed by atoms with E-state index < -0.39 is 12.0 Å². The van der Waals surface area contributed by atoms with E-state index in [1.54, 1.807) is 11.8 Å². The number of aliphatic carboxylic acids is 1. The largest absolute Gasteiger partial charge is 0.480 e. The van der Waals surface area contributed by atoms with Gasteiger partial charge in [0, 0.05) is 18.1 Å². The Kier molecular flexibility index (Phi) is 3.78. The summed E-state index contributed by atoms with van der Waals surface area (Å²) in [5, 5.41) is 9.08. The maximum atomic E-state index is 12.2. The van der Waals surface area contributed by atoms with E-state index in [9.17, 15) is 9.59 Å². The fourth-order valence-corrected chi connectivity index (χ4v) is 3.10. The Morgan fingerprint density at radius 3 is 2.94 bits per heavy atom. The summed E-state index contributed by atoms with van der Waals surface area (Å²) in [7, 11) is 0. The van der Waals surface area contributed by atoms with E-state index in [4.69, 9.17) is 9.52 Å². The zero-order chi connectivity index (χ0) is 12.4. The minimum atomic E-state index is -0.967. The lowest BCUT2D eigenvalue weighted by Crippen LogP contribution is -2.50. The van der Waals surface area contributed by atoms with Gasteiger partial charge in [-0.15, -0.1) is 0 Å². The molecular weight excluding hydrogens is 310 g/mol. The normalized spacial score (nSPS) is 20.3. The molecule has 1 aromatic heterocycles. The molecule has 7 heteroatoms. The summed E-state index contributed by atoms with van der Waals surface area (Å²) in [6, 6.07) is 0.774. The quantitative estimate of drug-likeness (QED) is 0.898. The number of carboxylic acid groups (broad SMARTS) is 1. The Morgan fingerprint density at radius 1 is 1.59 bits per heavy atom. The van der Waals surface area contributed by atoms with Crippen molar-refractivity contribution in [1.82, 2.24) is 4.90 Å². The first-order valence-electron chi connectivity index (χ1n) is 4.95. The van der Waals surface area contributed by atoms with Crippen molar-refractivity contribution in [3.8, 4) is 0 Å². The van der Waals surface area contributed by atoms with Crippen LogP contribution in [-0.4, -0.2) is 46.0 Å². The standard InChI is InChI=1S/C10H10BrNO4S/c11-8-6(1-3-16-8)9(13)12-2-4-17-5-7(12)10(14)15/h1,3,7H,2,4-5H2,(H,14,15). The van der Waals surface area contributed by atoms with Gasteiger partial charge in [0.05, 0.1) is 11.8 Å². The number of thioether (sulfide) groups is 1. The number of carboxylic acids is 1. The number of nitrogens with zero attached hydrogens (tertiary/aromatic N) is 1. The summed E-state index contributed by atoms with van der Waals surface area (Å²) in [6.45, 7) is 0.443. The Bertz CT molecular complexity index is 447. The lowest BCUT2D eigenvalue weighted by atomic mass is 10.2. The van der Waals surface area contributed by atoms with Gasteiger partial charge in [0.15, 0.2) is 4.67 Å². The predicted molar refractivity (Wildman–Crippen MR) is 66.2 cm³/mol. The van der Waals surface area contributed by atoms with Gasteiger partial charge < -0.3 is 14.4 Å². The third-order valence-corrected chi connectivity index (χ3v) is 4.16. The van der Waals surface area contributed by atoms with Gasteiger partial charge >= 0.3 is 5.97 Å². The van der Waals surface area contributed by atoms with Crippen LogP contribution in [0.15, 0.2) is 21.4 Å². The predicted octanol–water partition coefficient (Wildman–Crippen LogP) is 1.68. The van der Waals surface area contributed by atoms with Crippen LogP contribution in [0.5, 0.6) is 0 Å². The number of hydrogen-bond acceptors (Lipinski definition) is 4. The molecule has 1 atom stereocenters. The van der Waals surface area contributed by atoms with Crippen LogP contribution in [0.1, 0.15) is 10.4 Å². The molecular formula is C10H10BrNO4S. The molecule has 17 heavy (non-hydrogen) atoms. The van der Waals surface area contributed by atoms with Gasteiger partial charge in [0.1, 0.15) is 6.04 Å². The Balaban J connectivity index is 2.23. The summed E-state index contributed by atoms with van der Waals surface area (Å²) < 4.78 is 5.33. The monoisotopic (exact) mass is 319 g/mol. The number of hydrogen-bond donors (Lipinski definition) is 1. The molecule has 1 fully saturated rings. The van der Waals surface area contributed by atoms with Crippen molar-refractivity contribution in [2.24, 2.45) is 0 Å². The van der Waals surface area contributed by atoms with E-state index in [1.807, 2.05) is 0 Å². The molecule has 5 nitrogen and oxygen atoms in total. The highest BCUT2D eigenvalue weighted by molar-refractivity contribution is 9.10. The zero-order valence-corrected chi connectivity index (χ0v) is 11.2. The van der Waals surface area contributed by atoms with Gasteiger partial charge in [0.25, 0.3) is 5.91 Å². The maximum Gasteiger partial charge on any atom is 0.327 e. The van der Waals surface area contributed by atoms with E-state index in [0.29, 0.717) is 22.5 Å². The molecule has 0 saturated carbocycles. The Hall–Kier alpha value is -0.950. The molecule has 1 amide bonds. The molecule has 2 rings (SSSR count).